The third-order valence-electron chi connectivity index (χ3n) is 3.47. The number of nitrogens with zero attached hydrogens (tertiary/aromatic N) is 1. The number of phenols is 1. The number of aromatic hydroxyl groups is 1. The second kappa shape index (κ2) is 5.96. The van der Waals surface area contributed by atoms with E-state index in [0.29, 0.717) is 25.7 Å². The van der Waals surface area contributed by atoms with Crippen molar-refractivity contribution >= 4 is 15.7 Å². The molecule has 0 heterocycles. The van der Waals surface area contributed by atoms with E-state index >= 15 is 0 Å². The summed E-state index contributed by atoms with van der Waals surface area (Å²) in [5.74, 6) is -0.584. The topological polar surface area (TPSA) is 130 Å². The maximum Gasteiger partial charge on any atom is 0.312 e. The fourth-order valence-electron chi connectivity index (χ4n) is 2.30. The second-order valence-electron chi connectivity index (χ2n) is 5.03. The molecular formula is C12H16N2O6S. The minimum atomic E-state index is -3.90. The second-order valence-corrected chi connectivity index (χ2v) is 6.75. The largest absolute Gasteiger partial charge is 0.502 e. The molecule has 0 bridgehead atoms. The number of nitro benzene ring substituents is 1. The normalized spacial score (nSPS) is 22.9. The summed E-state index contributed by atoms with van der Waals surface area (Å²) >= 11 is 0. The lowest BCUT2D eigenvalue weighted by atomic mass is 9.94. The molecule has 0 aliphatic heterocycles. The molecule has 21 heavy (non-hydrogen) atoms. The highest BCUT2D eigenvalue weighted by atomic mass is 32.2. The SMILES string of the molecule is O=[N+]([O-])c1cc(S(=O)(=O)NC2CCC(O)CC2)ccc1O. The van der Waals surface area contributed by atoms with Gasteiger partial charge in [0.2, 0.25) is 10.0 Å². The monoisotopic (exact) mass is 316 g/mol. The maximum atomic E-state index is 12.2. The highest BCUT2D eigenvalue weighted by Crippen LogP contribution is 2.29. The molecule has 0 radical (unpaired) electrons. The molecule has 0 atom stereocenters. The van der Waals surface area contributed by atoms with E-state index in [1.807, 2.05) is 0 Å². The molecule has 1 fully saturated rings. The van der Waals surface area contributed by atoms with Gasteiger partial charge < -0.3 is 10.2 Å². The maximum absolute atomic E-state index is 12.2. The molecule has 1 saturated carbocycles. The van der Waals surface area contributed by atoms with E-state index in [1.54, 1.807) is 0 Å². The van der Waals surface area contributed by atoms with Gasteiger partial charge in [0.15, 0.2) is 5.75 Å². The molecule has 0 spiro atoms. The van der Waals surface area contributed by atoms with Gasteiger partial charge in [0.1, 0.15) is 0 Å². The minimum Gasteiger partial charge on any atom is -0.502 e. The van der Waals surface area contributed by atoms with E-state index < -0.39 is 32.5 Å². The molecule has 1 aromatic carbocycles. The summed E-state index contributed by atoms with van der Waals surface area (Å²) in [6.45, 7) is 0. The Morgan fingerprint density at radius 3 is 2.43 bits per heavy atom. The van der Waals surface area contributed by atoms with E-state index in [1.165, 1.54) is 0 Å². The van der Waals surface area contributed by atoms with Crippen LogP contribution in [-0.2, 0) is 10.0 Å². The van der Waals surface area contributed by atoms with Crippen LogP contribution in [0.15, 0.2) is 23.1 Å². The fraction of sp³-hybridized carbons (Fsp3) is 0.500. The number of benzene rings is 1. The predicted molar refractivity (Wildman–Crippen MR) is 73.3 cm³/mol. The van der Waals surface area contributed by atoms with E-state index in [0.717, 1.165) is 18.2 Å². The van der Waals surface area contributed by atoms with Crippen molar-refractivity contribution in [2.24, 2.45) is 0 Å². The highest BCUT2D eigenvalue weighted by molar-refractivity contribution is 7.89. The number of hydrogen-bond donors (Lipinski definition) is 3. The molecule has 0 unspecified atom stereocenters. The van der Waals surface area contributed by atoms with Crippen LogP contribution in [0.2, 0.25) is 0 Å². The van der Waals surface area contributed by atoms with Crippen molar-refractivity contribution in [3.05, 3.63) is 28.3 Å². The first-order chi connectivity index (χ1) is 9.79. The van der Waals surface area contributed by atoms with Crippen LogP contribution in [0.3, 0.4) is 0 Å². The van der Waals surface area contributed by atoms with Gasteiger partial charge >= 0.3 is 5.69 Å². The Labute approximate surface area is 121 Å². The van der Waals surface area contributed by atoms with Crippen LogP contribution in [0.25, 0.3) is 0 Å². The lowest BCUT2D eigenvalue weighted by Crippen LogP contribution is -2.38. The molecule has 1 aliphatic rings. The first kappa shape index (κ1) is 15.7. The Kier molecular flexibility index (Phi) is 4.45. The number of aliphatic hydroxyl groups is 1. The highest BCUT2D eigenvalue weighted by Gasteiger charge is 2.26. The average molecular weight is 316 g/mol. The van der Waals surface area contributed by atoms with Gasteiger partial charge in [-0.3, -0.25) is 10.1 Å². The summed E-state index contributed by atoms with van der Waals surface area (Å²) in [5.41, 5.74) is -0.656. The fourth-order valence-corrected chi connectivity index (χ4v) is 3.62. The number of sulfonamides is 1. The van der Waals surface area contributed by atoms with Crippen molar-refractivity contribution in [2.45, 2.75) is 42.7 Å². The lowest BCUT2D eigenvalue weighted by Gasteiger charge is -2.25. The zero-order chi connectivity index (χ0) is 15.6. The number of rotatable bonds is 4. The van der Waals surface area contributed by atoms with Gasteiger partial charge in [0.25, 0.3) is 0 Å². The summed E-state index contributed by atoms with van der Waals surface area (Å²) in [6.07, 6.45) is 1.66. The van der Waals surface area contributed by atoms with Crippen LogP contribution in [0.4, 0.5) is 5.69 Å². The molecule has 0 aromatic heterocycles. The van der Waals surface area contributed by atoms with Crippen LogP contribution in [0, 0.1) is 10.1 Å². The summed E-state index contributed by atoms with van der Waals surface area (Å²) in [6, 6.07) is 2.63. The van der Waals surface area contributed by atoms with Crippen LogP contribution in [0.5, 0.6) is 5.75 Å². The smallest absolute Gasteiger partial charge is 0.312 e. The quantitative estimate of drug-likeness (QED) is 0.558. The third kappa shape index (κ3) is 3.69. The van der Waals surface area contributed by atoms with Gasteiger partial charge in [0, 0.05) is 12.1 Å². The molecule has 116 valence electrons. The lowest BCUT2D eigenvalue weighted by molar-refractivity contribution is -0.386. The Morgan fingerprint density at radius 1 is 1.24 bits per heavy atom. The first-order valence-corrected chi connectivity index (χ1v) is 7.96. The van der Waals surface area contributed by atoms with E-state index in [4.69, 9.17) is 0 Å². The van der Waals surface area contributed by atoms with Gasteiger partial charge in [-0.2, -0.15) is 0 Å². The van der Waals surface area contributed by atoms with Crippen molar-refractivity contribution in [1.29, 1.82) is 0 Å². The van der Waals surface area contributed by atoms with Crippen molar-refractivity contribution < 1.29 is 23.6 Å². The number of hydrogen-bond acceptors (Lipinski definition) is 6. The number of nitrogens with one attached hydrogen (secondary N) is 1. The van der Waals surface area contributed by atoms with Gasteiger partial charge in [-0.25, -0.2) is 13.1 Å². The molecular weight excluding hydrogens is 300 g/mol. The van der Waals surface area contributed by atoms with Crippen molar-refractivity contribution in [1.82, 2.24) is 4.72 Å². The van der Waals surface area contributed by atoms with E-state index in [2.05, 4.69) is 4.72 Å². The minimum absolute atomic E-state index is 0.266. The van der Waals surface area contributed by atoms with Gasteiger partial charge in [-0.05, 0) is 37.8 Å². The Hall–Kier alpha value is -1.71. The molecule has 0 amide bonds. The van der Waals surface area contributed by atoms with Crippen LogP contribution >= 0.6 is 0 Å². The van der Waals surface area contributed by atoms with Crippen molar-refractivity contribution in [2.75, 3.05) is 0 Å². The summed E-state index contributed by atoms with van der Waals surface area (Å²) in [4.78, 5) is 9.62. The van der Waals surface area contributed by atoms with Crippen molar-refractivity contribution in [3.63, 3.8) is 0 Å². The first-order valence-electron chi connectivity index (χ1n) is 6.47. The van der Waals surface area contributed by atoms with Gasteiger partial charge in [0.05, 0.1) is 15.9 Å². The molecule has 0 saturated heterocycles. The Morgan fingerprint density at radius 2 is 1.86 bits per heavy atom. The van der Waals surface area contributed by atoms with Crippen LogP contribution in [-0.4, -0.2) is 35.7 Å². The zero-order valence-corrected chi connectivity index (χ0v) is 11.9. The third-order valence-corrected chi connectivity index (χ3v) is 4.99. The summed E-state index contributed by atoms with van der Waals surface area (Å²) in [5, 5.41) is 29.5. The Bertz CT molecular complexity index is 637. The number of phenolic OH excluding ortho intramolecular Hbond substituents is 1. The Balaban J connectivity index is 2.20. The van der Waals surface area contributed by atoms with Gasteiger partial charge in [-0.15, -0.1) is 0 Å². The van der Waals surface area contributed by atoms with Gasteiger partial charge in [-0.1, -0.05) is 0 Å². The molecule has 8 nitrogen and oxygen atoms in total. The zero-order valence-electron chi connectivity index (χ0n) is 11.1. The molecule has 9 heteroatoms. The molecule has 1 aliphatic carbocycles. The van der Waals surface area contributed by atoms with E-state index in [-0.39, 0.29) is 10.9 Å². The summed E-state index contributed by atoms with van der Waals surface area (Å²) in [7, 11) is -3.90. The standard InChI is InChI=1S/C12H16N2O6S/c15-9-3-1-8(2-4-9)13-21(19,20)10-5-6-12(16)11(7-10)14(17)18/h5-9,13,15-16H,1-4H2. The average Bonchev–Trinajstić information content (AvgIpc) is 2.41. The van der Waals surface area contributed by atoms with E-state index in [9.17, 15) is 28.7 Å². The molecule has 1 aromatic rings. The predicted octanol–water partition coefficient (Wildman–Crippen LogP) is 0.882. The van der Waals surface area contributed by atoms with Crippen LogP contribution in [0.1, 0.15) is 25.7 Å². The molecule has 2 rings (SSSR count). The summed E-state index contributed by atoms with van der Waals surface area (Å²) < 4.78 is 26.9. The van der Waals surface area contributed by atoms with Crippen LogP contribution < -0.4 is 4.72 Å². The van der Waals surface area contributed by atoms with Crippen molar-refractivity contribution in [3.8, 4) is 5.75 Å². The number of aliphatic hydroxyl groups excluding tert-OH is 1. The number of nitro groups is 1. The molecule has 3 N–H and O–H groups in total.